The van der Waals surface area contributed by atoms with E-state index in [1.165, 1.54) is 11.0 Å². The Bertz CT molecular complexity index is 992. The second kappa shape index (κ2) is 9.12. The van der Waals surface area contributed by atoms with Crippen LogP contribution >= 0.6 is 0 Å². The van der Waals surface area contributed by atoms with Crippen molar-refractivity contribution in [2.24, 2.45) is 0 Å². The summed E-state index contributed by atoms with van der Waals surface area (Å²) in [6.07, 6.45) is -4.96. The van der Waals surface area contributed by atoms with E-state index in [1.807, 2.05) is 27.7 Å². The SMILES string of the molecule is COC(=O)C1=C(C(=O)OC)N(c2cc(OC(F)(F)F)ccc2B2OC(C)(C)C(C)(C)O2)COC1. The largest absolute Gasteiger partial charge is 0.573 e. The molecule has 1 saturated heterocycles. The van der Waals surface area contributed by atoms with E-state index in [0.717, 1.165) is 26.4 Å². The molecule has 0 aromatic heterocycles. The zero-order valence-electron chi connectivity index (χ0n) is 19.6. The molecule has 9 nitrogen and oxygen atoms in total. The zero-order chi connectivity index (χ0) is 25.5. The third-order valence-corrected chi connectivity index (χ3v) is 5.87. The van der Waals surface area contributed by atoms with Crippen molar-refractivity contribution in [1.29, 1.82) is 0 Å². The Labute approximate surface area is 194 Å². The van der Waals surface area contributed by atoms with Crippen LogP contribution in [0.5, 0.6) is 5.75 Å². The van der Waals surface area contributed by atoms with E-state index >= 15 is 0 Å². The van der Waals surface area contributed by atoms with Gasteiger partial charge in [0.2, 0.25) is 0 Å². The lowest BCUT2D eigenvalue weighted by Gasteiger charge is -2.33. The molecular formula is C21H25BF3NO8. The highest BCUT2D eigenvalue weighted by Gasteiger charge is 2.53. The van der Waals surface area contributed by atoms with Crippen molar-refractivity contribution in [3.63, 3.8) is 0 Å². The summed E-state index contributed by atoms with van der Waals surface area (Å²) in [5, 5.41) is 0. The van der Waals surface area contributed by atoms with Gasteiger partial charge in [0.1, 0.15) is 18.2 Å². The molecule has 1 fully saturated rings. The Kier molecular flexibility index (Phi) is 6.93. The minimum absolute atomic E-state index is 0.0294. The van der Waals surface area contributed by atoms with Crippen LogP contribution in [0.25, 0.3) is 0 Å². The molecule has 0 radical (unpaired) electrons. The number of carbonyl (C=O) groups excluding carboxylic acids is 2. The summed E-state index contributed by atoms with van der Waals surface area (Å²) < 4.78 is 70.0. The number of anilines is 1. The van der Waals surface area contributed by atoms with Gasteiger partial charge in [0.25, 0.3) is 0 Å². The van der Waals surface area contributed by atoms with Crippen LogP contribution < -0.4 is 15.1 Å². The highest BCUT2D eigenvalue weighted by Crippen LogP contribution is 2.38. The molecule has 2 aliphatic heterocycles. The van der Waals surface area contributed by atoms with Gasteiger partial charge in [-0.05, 0) is 33.8 Å². The van der Waals surface area contributed by atoms with Crippen LogP contribution in [0.15, 0.2) is 29.5 Å². The molecule has 0 unspecified atom stereocenters. The molecule has 0 aliphatic carbocycles. The molecule has 2 aliphatic rings. The molecule has 3 rings (SSSR count). The van der Waals surface area contributed by atoms with Crippen LogP contribution in [0.4, 0.5) is 18.9 Å². The number of halogens is 3. The van der Waals surface area contributed by atoms with Crippen molar-refractivity contribution in [2.45, 2.75) is 45.3 Å². The summed E-state index contributed by atoms with van der Waals surface area (Å²) >= 11 is 0. The maximum atomic E-state index is 12.9. The molecule has 0 N–H and O–H groups in total. The van der Waals surface area contributed by atoms with Crippen molar-refractivity contribution < 1.29 is 51.0 Å². The number of nitrogens with zero attached hydrogens (tertiary/aromatic N) is 1. The van der Waals surface area contributed by atoms with Crippen LogP contribution in [0, 0.1) is 0 Å². The number of rotatable bonds is 5. The molecule has 34 heavy (non-hydrogen) atoms. The van der Waals surface area contributed by atoms with Gasteiger partial charge in [0.15, 0.2) is 0 Å². The van der Waals surface area contributed by atoms with Crippen LogP contribution in [0.2, 0.25) is 0 Å². The van der Waals surface area contributed by atoms with Gasteiger partial charge in [0, 0.05) is 17.2 Å². The first-order valence-corrected chi connectivity index (χ1v) is 10.2. The molecule has 0 atom stereocenters. The number of esters is 2. The van der Waals surface area contributed by atoms with Crippen LogP contribution in [0.3, 0.4) is 0 Å². The second-order valence-corrected chi connectivity index (χ2v) is 8.57. The van der Waals surface area contributed by atoms with E-state index in [4.69, 9.17) is 23.5 Å². The first kappa shape index (κ1) is 25.9. The van der Waals surface area contributed by atoms with Crippen molar-refractivity contribution in [3.05, 3.63) is 29.5 Å². The Balaban J connectivity index is 2.20. The fraction of sp³-hybridized carbons (Fsp3) is 0.524. The lowest BCUT2D eigenvalue weighted by Crippen LogP contribution is -2.44. The number of methoxy groups -OCH3 is 2. The maximum Gasteiger partial charge on any atom is 0.573 e. The van der Waals surface area contributed by atoms with Gasteiger partial charge < -0.3 is 33.2 Å². The number of carbonyl (C=O) groups is 2. The summed E-state index contributed by atoms with van der Waals surface area (Å²) in [6, 6.07) is 3.49. The van der Waals surface area contributed by atoms with Gasteiger partial charge in [-0.25, -0.2) is 9.59 Å². The number of ether oxygens (including phenoxy) is 4. The molecule has 2 heterocycles. The number of alkyl halides is 3. The zero-order valence-corrected chi connectivity index (χ0v) is 19.6. The van der Waals surface area contributed by atoms with Crippen molar-refractivity contribution >= 4 is 30.2 Å². The average molecular weight is 487 g/mol. The lowest BCUT2D eigenvalue weighted by molar-refractivity contribution is -0.274. The predicted octanol–water partition coefficient (Wildman–Crippen LogP) is 2.28. The molecule has 13 heteroatoms. The smallest absolute Gasteiger partial charge is 0.466 e. The number of hydrogen-bond acceptors (Lipinski definition) is 9. The normalized spacial score (nSPS) is 19.8. The van der Waals surface area contributed by atoms with Crippen LogP contribution in [-0.2, 0) is 33.1 Å². The number of benzene rings is 1. The molecule has 186 valence electrons. The minimum Gasteiger partial charge on any atom is -0.466 e. The third-order valence-electron chi connectivity index (χ3n) is 5.87. The average Bonchev–Trinajstić information content (AvgIpc) is 2.97. The number of hydrogen-bond donors (Lipinski definition) is 0. The quantitative estimate of drug-likeness (QED) is 0.458. The molecule has 1 aromatic carbocycles. The fourth-order valence-corrected chi connectivity index (χ4v) is 3.46. The molecule has 0 amide bonds. The third kappa shape index (κ3) is 5.01. The van der Waals surface area contributed by atoms with E-state index in [0.29, 0.717) is 0 Å². The Morgan fingerprint density at radius 1 is 1.03 bits per heavy atom. The van der Waals surface area contributed by atoms with E-state index in [2.05, 4.69) is 4.74 Å². The summed E-state index contributed by atoms with van der Waals surface area (Å²) in [5.41, 5.74) is -1.62. The molecule has 0 spiro atoms. The highest BCUT2D eigenvalue weighted by molar-refractivity contribution is 6.64. The van der Waals surface area contributed by atoms with Crippen molar-refractivity contribution in [3.8, 4) is 5.75 Å². The summed E-state index contributed by atoms with van der Waals surface area (Å²) in [6.45, 7) is 6.70. The van der Waals surface area contributed by atoms with E-state index < -0.39 is 42.4 Å². The summed E-state index contributed by atoms with van der Waals surface area (Å²) in [5.74, 6) is -2.33. The Hall–Kier alpha value is -2.77. The Morgan fingerprint density at radius 2 is 1.62 bits per heavy atom. The van der Waals surface area contributed by atoms with Gasteiger partial charge in [-0.15, -0.1) is 13.2 Å². The Morgan fingerprint density at radius 3 is 2.15 bits per heavy atom. The first-order chi connectivity index (χ1) is 15.7. The molecular weight excluding hydrogens is 462 g/mol. The molecule has 0 saturated carbocycles. The van der Waals surface area contributed by atoms with Crippen LogP contribution in [-0.4, -0.2) is 64.2 Å². The molecule has 1 aromatic rings. The van der Waals surface area contributed by atoms with E-state index in [-0.39, 0.29) is 35.8 Å². The highest BCUT2D eigenvalue weighted by atomic mass is 19.4. The van der Waals surface area contributed by atoms with E-state index in [1.54, 1.807) is 0 Å². The van der Waals surface area contributed by atoms with Gasteiger partial charge in [-0.3, -0.25) is 0 Å². The fourth-order valence-electron chi connectivity index (χ4n) is 3.46. The minimum atomic E-state index is -4.96. The van der Waals surface area contributed by atoms with Gasteiger partial charge in [0.05, 0.1) is 37.6 Å². The monoisotopic (exact) mass is 487 g/mol. The topological polar surface area (TPSA) is 92.8 Å². The van der Waals surface area contributed by atoms with Crippen molar-refractivity contribution in [1.82, 2.24) is 0 Å². The van der Waals surface area contributed by atoms with Crippen LogP contribution in [0.1, 0.15) is 27.7 Å². The van der Waals surface area contributed by atoms with E-state index in [9.17, 15) is 22.8 Å². The summed E-state index contributed by atoms with van der Waals surface area (Å²) in [4.78, 5) is 26.2. The van der Waals surface area contributed by atoms with Gasteiger partial charge in [-0.2, -0.15) is 0 Å². The van der Waals surface area contributed by atoms with Gasteiger partial charge >= 0.3 is 25.4 Å². The first-order valence-electron chi connectivity index (χ1n) is 10.2. The summed E-state index contributed by atoms with van der Waals surface area (Å²) in [7, 11) is 1.22. The van der Waals surface area contributed by atoms with Gasteiger partial charge in [-0.1, -0.05) is 6.07 Å². The van der Waals surface area contributed by atoms with Crippen molar-refractivity contribution in [2.75, 3.05) is 32.5 Å². The standard InChI is InChI=1S/C21H25BF3NO8/c1-19(2)20(3,4)34-22(33-19)14-8-7-12(32-21(23,24)25)9-15(14)26-11-31-10-13(17(27)29-5)16(26)18(28)30-6/h7-9H,10-11H2,1-6H3. The predicted molar refractivity (Wildman–Crippen MR) is 113 cm³/mol. The molecule has 0 bridgehead atoms. The lowest BCUT2D eigenvalue weighted by atomic mass is 9.77. The second-order valence-electron chi connectivity index (χ2n) is 8.57. The maximum absolute atomic E-state index is 12.9.